The SMILES string of the molecule is CC1(C)OB(C(=Cc2ccc(C(F)F)cc2)CO)OC1(C)C. The Labute approximate surface area is 130 Å². The van der Waals surface area contributed by atoms with Crippen LogP contribution in [0.1, 0.15) is 45.2 Å². The van der Waals surface area contributed by atoms with Gasteiger partial charge in [-0.2, -0.15) is 0 Å². The number of rotatable bonds is 4. The zero-order valence-electron chi connectivity index (χ0n) is 13.3. The highest BCUT2D eigenvalue weighted by Gasteiger charge is 2.52. The summed E-state index contributed by atoms with van der Waals surface area (Å²) in [6, 6.07) is 5.91. The van der Waals surface area contributed by atoms with Crippen molar-refractivity contribution in [3.05, 3.63) is 40.9 Å². The van der Waals surface area contributed by atoms with E-state index in [1.807, 2.05) is 27.7 Å². The lowest BCUT2D eigenvalue weighted by molar-refractivity contribution is 0.00578. The van der Waals surface area contributed by atoms with Gasteiger partial charge in [0.15, 0.2) is 0 Å². The monoisotopic (exact) mass is 310 g/mol. The third-order valence-electron chi connectivity index (χ3n) is 4.28. The van der Waals surface area contributed by atoms with Crippen molar-refractivity contribution in [2.24, 2.45) is 0 Å². The molecule has 0 bridgehead atoms. The van der Waals surface area contributed by atoms with Gasteiger partial charge < -0.3 is 14.4 Å². The first-order valence-electron chi connectivity index (χ1n) is 7.21. The van der Waals surface area contributed by atoms with E-state index in [-0.39, 0.29) is 12.2 Å². The molecule has 22 heavy (non-hydrogen) atoms. The number of halogens is 2. The molecule has 0 spiro atoms. The fraction of sp³-hybridized carbons (Fsp3) is 0.500. The predicted molar refractivity (Wildman–Crippen MR) is 82.5 cm³/mol. The summed E-state index contributed by atoms with van der Waals surface area (Å²) in [6.45, 7) is 7.49. The van der Waals surface area contributed by atoms with Crippen molar-refractivity contribution in [2.75, 3.05) is 6.61 Å². The van der Waals surface area contributed by atoms with Gasteiger partial charge in [-0.15, -0.1) is 0 Å². The molecule has 0 radical (unpaired) electrons. The van der Waals surface area contributed by atoms with Crippen LogP contribution in [0, 0.1) is 0 Å². The minimum Gasteiger partial charge on any atom is -0.400 e. The van der Waals surface area contributed by atoms with E-state index in [4.69, 9.17) is 9.31 Å². The van der Waals surface area contributed by atoms with Gasteiger partial charge >= 0.3 is 7.12 Å². The number of hydrogen-bond donors (Lipinski definition) is 1. The molecule has 1 aliphatic heterocycles. The second kappa shape index (κ2) is 6.10. The van der Waals surface area contributed by atoms with Gasteiger partial charge in [-0.3, -0.25) is 0 Å². The molecule has 1 aromatic carbocycles. The first kappa shape index (κ1) is 17.1. The van der Waals surface area contributed by atoms with E-state index in [0.29, 0.717) is 11.0 Å². The molecule has 2 rings (SSSR count). The van der Waals surface area contributed by atoms with Crippen LogP contribution < -0.4 is 0 Å². The summed E-state index contributed by atoms with van der Waals surface area (Å²) in [4.78, 5) is 0. The van der Waals surface area contributed by atoms with Crippen LogP contribution in [0.2, 0.25) is 0 Å². The van der Waals surface area contributed by atoms with Crippen LogP contribution in [0.4, 0.5) is 8.78 Å². The molecule has 0 saturated carbocycles. The van der Waals surface area contributed by atoms with E-state index in [1.54, 1.807) is 18.2 Å². The maximum absolute atomic E-state index is 12.5. The summed E-state index contributed by atoms with van der Waals surface area (Å²) in [7, 11) is -0.648. The maximum Gasteiger partial charge on any atom is 0.492 e. The second-order valence-electron chi connectivity index (χ2n) is 6.43. The highest BCUT2D eigenvalue weighted by atomic mass is 19.3. The summed E-state index contributed by atoms with van der Waals surface area (Å²) >= 11 is 0. The minimum atomic E-state index is -2.49. The summed E-state index contributed by atoms with van der Waals surface area (Å²) in [5, 5.41) is 9.58. The van der Waals surface area contributed by atoms with Gasteiger partial charge in [-0.05, 0) is 38.7 Å². The van der Waals surface area contributed by atoms with Gasteiger partial charge in [-0.1, -0.05) is 30.3 Å². The van der Waals surface area contributed by atoms with Crippen LogP contribution in [0.15, 0.2) is 29.7 Å². The number of benzene rings is 1. The molecule has 0 amide bonds. The predicted octanol–water partition coefficient (Wildman–Crippen LogP) is 3.63. The van der Waals surface area contributed by atoms with Gasteiger partial charge in [0.2, 0.25) is 0 Å². The van der Waals surface area contributed by atoms with Crippen molar-refractivity contribution < 1.29 is 23.2 Å². The Morgan fingerprint density at radius 1 is 1.14 bits per heavy atom. The largest absolute Gasteiger partial charge is 0.492 e. The minimum absolute atomic E-state index is 0.0293. The van der Waals surface area contributed by atoms with Crippen molar-refractivity contribution in [1.29, 1.82) is 0 Å². The van der Waals surface area contributed by atoms with Crippen LogP contribution in [0.3, 0.4) is 0 Å². The first-order valence-corrected chi connectivity index (χ1v) is 7.21. The lowest BCUT2D eigenvalue weighted by Gasteiger charge is -2.32. The summed E-state index contributed by atoms with van der Waals surface area (Å²) in [5.74, 6) is 0. The van der Waals surface area contributed by atoms with E-state index in [9.17, 15) is 13.9 Å². The van der Waals surface area contributed by atoms with Crippen molar-refractivity contribution >= 4 is 13.2 Å². The Morgan fingerprint density at radius 2 is 1.64 bits per heavy atom. The molecule has 6 heteroatoms. The van der Waals surface area contributed by atoms with Crippen LogP contribution >= 0.6 is 0 Å². The smallest absolute Gasteiger partial charge is 0.400 e. The fourth-order valence-electron chi connectivity index (χ4n) is 2.13. The normalized spacial score (nSPS) is 20.7. The third-order valence-corrected chi connectivity index (χ3v) is 4.28. The number of alkyl halides is 2. The Morgan fingerprint density at radius 3 is 2.05 bits per heavy atom. The first-order chi connectivity index (χ1) is 10.2. The Bertz CT molecular complexity index is 537. The number of aliphatic hydroxyl groups excluding tert-OH is 1. The zero-order valence-corrected chi connectivity index (χ0v) is 13.3. The van der Waals surface area contributed by atoms with E-state index in [1.165, 1.54) is 12.1 Å². The number of hydrogen-bond acceptors (Lipinski definition) is 3. The highest BCUT2D eigenvalue weighted by Crippen LogP contribution is 2.38. The molecule has 1 fully saturated rings. The zero-order chi connectivity index (χ0) is 16.5. The molecule has 0 atom stereocenters. The molecule has 0 unspecified atom stereocenters. The molecular formula is C16H21BF2O3. The van der Waals surface area contributed by atoms with Crippen molar-refractivity contribution in [2.45, 2.75) is 45.3 Å². The Hall–Kier alpha value is -1.24. The Balaban J connectivity index is 2.22. The molecule has 0 aliphatic carbocycles. The van der Waals surface area contributed by atoms with Crippen molar-refractivity contribution in [3.63, 3.8) is 0 Å². The fourth-order valence-corrected chi connectivity index (χ4v) is 2.13. The molecule has 1 heterocycles. The molecule has 0 aromatic heterocycles. The summed E-state index contributed by atoms with van der Waals surface area (Å²) < 4.78 is 36.9. The van der Waals surface area contributed by atoms with Gasteiger partial charge in [0, 0.05) is 5.56 Å². The summed E-state index contributed by atoms with van der Waals surface area (Å²) in [6.07, 6.45) is -0.782. The van der Waals surface area contributed by atoms with Gasteiger partial charge in [-0.25, -0.2) is 8.78 Å². The molecular weight excluding hydrogens is 289 g/mol. The van der Waals surface area contributed by atoms with Gasteiger partial charge in [0.1, 0.15) is 0 Å². The number of aliphatic hydroxyl groups is 1. The average Bonchev–Trinajstić information content (AvgIpc) is 2.65. The van der Waals surface area contributed by atoms with Crippen molar-refractivity contribution in [3.8, 4) is 0 Å². The quantitative estimate of drug-likeness (QED) is 0.863. The molecule has 120 valence electrons. The van der Waals surface area contributed by atoms with Crippen molar-refractivity contribution in [1.82, 2.24) is 0 Å². The second-order valence-corrected chi connectivity index (χ2v) is 6.43. The maximum atomic E-state index is 12.5. The molecule has 1 aromatic rings. The molecule has 1 N–H and O–H groups in total. The summed E-state index contributed by atoms with van der Waals surface area (Å²) in [5.41, 5.74) is 0.252. The van der Waals surface area contributed by atoms with Gasteiger partial charge in [0.25, 0.3) is 6.43 Å². The average molecular weight is 310 g/mol. The van der Waals surface area contributed by atoms with Crippen LogP contribution in [0.25, 0.3) is 6.08 Å². The molecule has 3 nitrogen and oxygen atoms in total. The van der Waals surface area contributed by atoms with E-state index in [2.05, 4.69) is 0 Å². The third kappa shape index (κ3) is 3.40. The lowest BCUT2D eigenvalue weighted by atomic mass is 9.77. The molecule has 1 saturated heterocycles. The van der Waals surface area contributed by atoms with Crippen LogP contribution in [0.5, 0.6) is 0 Å². The van der Waals surface area contributed by atoms with Crippen LogP contribution in [-0.4, -0.2) is 30.0 Å². The molecule has 1 aliphatic rings. The Kier molecular flexibility index (Phi) is 4.75. The highest BCUT2D eigenvalue weighted by molar-refractivity contribution is 6.55. The van der Waals surface area contributed by atoms with Gasteiger partial charge in [0.05, 0.1) is 17.8 Å². The van der Waals surface area contributed by atoms with E-state index < -0.39 is 24.7 Å². The van der Waals surface area contributed by atoms with Crippen LogP contribution in [-0.2, 0) is 9.31 Å². The standard InChI is InChI=1S/C16H21BF2O3/c1-15(2)16(3,4)22-17(21-15)13(10-20)9-11-5-7-12(8-6-11)14(18)19/h5-9,14,20H,10H2,1-4H3. The van der Waals surface area contributed by atoms with E-state index >= 15 is 0 Å². The lowest BCUT2D eigenvalue weighted by Crippen LogP contribution is -2.41. The van der Waals surface area contributed by atoms with E-state index in [0.717, 1.165) is 0 Å². The topological polar surface area (TPSA) is 38.7 Å².